The van der Waals surface area contributed by atoms with E-state index in [1.807, 2.05) is 31.2 Å². The van der Waals surface area contributed by atoms with E-state index >= 15 is 0 Å². The molecule has 0 aliphatic heterocycles. The minimum Gasteiger partial charge on any atom is -0.496 e. The molecule has 0 amide bonds. The molecular formula is C14H18N4O3. The number of tetrazole rings is 1. The van der Waals surface area contributed by atoms with Crippen LogP contribution in [-0.2, 0) is 11.3 Å². The van der Waals surface area contributed by atoms with Crippen LogP contribution in [0.25, 0.3) is 11.4 Å². The summed E-state index contributed by atoms with van der Waals surface area (Å²) in [6.45, 7) is 3.71. The first-order valence-corrected chi connectivity index (χ1v) is 6.65. The van der Waals surface area contributed by atoms with Gasteiger partial charge in [0.2, 0.25) is 0 Å². The third-order valence-electron chi connectivity index (χ3n) is 3.68. The van der Waals surface area contributed by atoms with Gasteiger partial charge in [-0.15, -0.1) is 5.10 Å². The Morgan fingerprint density at radius 2 is 2.14 bits per heavy atom. The second-order valence-corrected chi connectivity index (χ2v) is 5.08. The molecule has 2 rings (SSSR count). The van der Waals surface area contributed by atoms with E-state index in [1.54, 1.807) is 14.0 Å². The highest BCUT2D eigenvalue weighted by atomic mass is 16.5. The van der Waals surface area contributed by atoms with Gasteiger partial charge in [0.15, 0.2) is 5.82 Å². The van der Waals surface area contributed by atoms with E-state index in [9.17, 15) is 9.90 Å². The molecule has 1 atom stereocenters. The van der Waals surface area contributed by atoms with Gasteiger partial charge in [-0.05, 0) is 35.9 Å². The van der Waals surface area contributed by atoms with Crippen LogP contribution >= 0.6 is 0 Å². The van der Waals surface area contributed by atoms with Crippen molar-refractivity contribution in [1.82, 2.24) is 20.2 Å². The van der Waals surface area contributed by atoms with Crippen molar-refractivity contribution in [3.05, 3.63) is 24.3 Å². The van der Waals surface area contributed by atoms with Gasteiger partial charge >= 0.3 is 5.97 Å². The Bertz CT molecular complexity index is 641. The summed E-state index contributed by atoms with van der Waals surface area (Å²) in [6, 6.07) is 7.35. The number of hydrogen-bond acceptors (Lipinski definition) is 5. The number of benzene rings is 1. The second kappa shape index (κ2) is 5.90. The Labute approximate surface area is 122 Å². The molecule has 1 N–H and O–H groups in total. The Hall–Kier alpha value is -2.44. The van der Waals surface area contributed by atoms with Gasteiger partial charge in [-0.3, -0.25) is 4.79 Å². The van der Waals surface area contributed by atoms with E-state index in [4.69, 9.17) is 4.74 Å². The summed E-state index contributed by atoms with van der Waals surface area (Å²) >= 11 is 0. The number of ether oxygens (including phenoxy) is 1. The van der Waals surface area contributed by atoms with E-state index in [2.05, 4.69) is 15.5 Å². The average Bonchev–Trinajstić information content (AvgIpc) is 2.94. The molecule has 112 valence electrons. The summed E-state index contributed by atoms with van der Waals surface area (Å²) in [6.07, 6.45) is 0.480. The number of methoxy groups -OCH3 is 1. The number of carbonyl (C=O) groups is 1. The summed E-state index contributed by atoms with van der Waals surface area (Å²) in [4.78, 5) is 11.4. The number of para-hydroxylation sites is 1. The van der Waals surface area contributed by atoms with Crippen LogP contribution in [0.4, 0.5) is 0 Å². The Morgan fingerprint density at radius 1 is 1.43 bits per heavy atom. The highest BCUT2D eigenvalue weighted by molar-refractivity contribution is 5.74. The number of aromatic nitrogens is 4. The number of carboxylic acids is 1. The smallest absolute Gasteiger partial charge is 0.311 e. The van der Waals surface area contributed by atoms with Crippen LogP contribution in [0.1, 0.15) is 20.3 Å². The van der Waals surface area contributed by atoms with Crippen molar-refractivity contribution in [2.45, 2.75) is 26.8 Å². The van der Waals surface area contributed by atoms with Gasteiger partial charge in [0.05, 0.1) is 24.6 Å². The lowest BCUT2D eigenvalue weighted by Gasteiger charge is -2.23. The van der Waals surface area contributed by atoms with Crippen LogP contribution in [0, 0.1) is 5.41 Å². The van der Waals surface area contributed by atoms with Gasteiger partial charge in [0, 0.05) is 0 Å². The van der Waals surface area contributed by atoms with E-state index in [0.29, 0.717) is 18.0 Å². The predicted octanol–water partition coefficient (Wildman–Crippen LogP) is 1.85. The SMILES string of the molecule is CCC(C)(Cn1nnnc1-c1ccccc1OC)C(=O)O. The molecule has 7 heteroatoms. The van der Waals surface area contributed by atoms with Crippen LogP contribution < -0.4 is 4.74 Å². The molecule has 7 nitrogen and oxygen atoms in total. The van der Waals surface area contributed by atoms with E-state index in [-0.39, 0.29) is 6.54 Å². The third-order valence-corrected chi connectivity index (χ3v) is 3.68. The zero-order valence-electron chi connectivity index (χ0n) is 12.3. The highest BCUT2D eigenvalue weighted by Crippen LogP contribution is 2.30. The molecule has 2 aromatic rings. The Kier molecular flexibility index (Phi) is 4.21. The van der Waals surface area contributed by atoms with Gasteiger partial charge in [-0.1, -0.05) is 19.1 Å². The van der Waals surface area contributed by atoms with Crippen molar-refractivity contribution in [2.24, 2.45) is 5.41 Å². The van der Waals surface area contributed by atoms with E-state index < -0.39 is 11.4 Å². The maximum absolute atomic E-state index is 11.4. The zero-order chi connectivity index (χ0) is 15.5. The average molecular weight is 290 g/mol. The van der Waals surface area contributed by atoms with Gasteiger partial charge in [0.25, 0.3) is 0 Å². The third kappa shape index (κ3) is 2.86. The molecule has 0 aliphatic carbocycles. The summed E-state index contributed by atoms with van der Waals surface area (Å²) < 4.78 is 6.81. The van der Waals surface area contributed by atoms with Crippen molar-refractivity contribution >= 4 is 5.97 Å². The maximum atomic E-state index is 11.4. The number of carboxylic acid groups (broad SMARTS) is 1. The molecule has 1 unspecified atom stereocenters. The molecule has 0 bridgehead atoms. The highest BCUT2D eigenvalue weighted by Gasteiger charge is 2.33. The molecule has 0 saturated heterocycles. The molecule has 0 saturated carbocycles. The molecule has 0 spiro atoms. The first-order chi connectivity index (χ1) is 10.0. The van der Waals surface area contributed by atoms with Crippen LogP contribution in [0.3, 0.4) is 0 Å². The standard InChI is InChI=1S/C14H18N4O3/c1-4-14(2,13(19)20)9-18-12(15-16-17-18)10-7-5-6-8-11(10)21-3/h5-8H,4,9H2,1-3H3,(H,19,20). The Balaban J connectivity index is 2.42. The van der Waals surface area contributed by atoms with Crippen LogP contribution in [0.5, 0.6) is 5.75 Å². The van der Waals surface area contributed by atoms with Crippen LogP contribution in [0.2, 0.25) is 0 Å². The molecule has 0 aliphatic rings. The molecule has 1 aromatic carbocycles. The Morgan fingerprint density at radius 3 is 2.76 bits per heavy atom. The molecular weight excluding hydrogens is 272 g/mol. The normalized spacial score (nSPS) is 13.7. The van der Waals surface area contributed by atoms with Gasteiger partial charge < -0.3 is 9.84 Å². The minimum absolute atomic E-state index is 0.194. The first kappa shape index (κ1) is 15.0. The second-order valence-electron chi connectivity index (χ2n) is 5.08. The lowest BCUT2D eigenvalue weighted by atomic mass is 9.88. The lowest BCUT2D eigenvalue weighted by molar-refractivity contribution is -0.149. The number of nitrogens with zero attached hydrogens (tertiary/aromatic N) is 4. The fraction of sp³-hybridized carbons (Fsp3) is 0.429. The fourth-order valence-corrected chi connectivity index (χ4v) is 1.99. The summed E-state index contributed by atoms with van der Waals surface area (Å²) in [7, 11) is 1.57. The van der Waals surface area contributed by atoms with E-state index in [0.717, 1.165) is 5.56 Å². The molecule has 1 heterocycles. The van der Waals surface area contributed by atoms with Gasteiger partial charge in [-0.2, -0.15) is 0 Å². The first-order valence-electron chi connectivity index (χ1n) is 6.65. The van der Waals surface area contributed by atoms with Crippen LogP contribution in [-0.4, -0.2) is 38.4 Å². The summed E-state index contributed by atoms with van der Waals surface area (Å²) in [5.74, 6) is 0.266. The summed E-state index contributed by atoms with van der Waals surface area (Å²) in [5.41, 5.74) is -0.194. The zero-order valence-corrected chi connectivity index (χ0v) is 12.3. The van der Waals surface area contributed by atoms with Gasteiger partial charge in [-0.25, -0.2) is 4.68 Å². The fourth-order valence-electron chi connectivity index (χ4n) is 1.99. The van der Waals surface area contributed by atoms with Crippen molar-refractivity contribution in [1.29, 1.82) is 0 Å². The van der Waals surface area contributed by atoms with Crippen molar-refractivity contribution in [3.63, 3.8) is 0 Å². The number of aliphatic carboxylic acids is 1. The van der Waals surface area contributed by atoms with Crippen molar-refractivity contribution < 1.29 is 14.6 Å². The van der Waals surface area contributed by atoms with E-state index in [1.165, 1.54) is 4.68 Å². The molecule has 0 fully saturated rings. The topological polar surface area (TPSA) is 90.1 Å². The number of rotatable bonds is 6. The van der Waals surface area contributed by atoms with Crippen molar-refractivity contribution in [2.75, 3.05) is 7.11 Å². The van der Waals surface area contributed by atoms with Crippen LogP contribution in [0.15, 0.2) is 24.3 Å². The molecule has 21 heavy (non-hydrogen) atoms. The predicted molar refractivity (Wildman–Crippen MR) is 75.8 cm³/mol. The minimum atomic E-state index is -0.924. The molecule has 1 aromatic heterocycles. The largest absolute Gasteiger partial charge is 0.496 e. The monoisotopic (exact) mass is 290 g/mol. The maximum Gasteiger partial charge on any atom is 0.311 e. The number of hydrogen-bond donors (Lipinski definition) is 1. The quantitative estimate of drug-likeness (QED) is 0.873. The van der Waals surface area contributed by atoms with Crippen molar-refractivity contribution in [3.8, 4) is 17.1 Å². The lowest BCUT2D eigenvalue weighted by Crippen LogP contribution is -2.32. The molecule has 0 radical (unpaired) electrons. The summed E-state index contributed by atoms with van der Waals surface area (Å²) in [5, 5.41) is 21.0. The van der Waals surface area contributed by atoms with Gasteiger partial charge in [0.1, 0.15) is 5.75 Å².